The zero-order valence-corrected chi connectivity index (χ0v) is 18.7. The summed E-state index contributed by atoms with van der Waals surface area (Å²) >= 11 is 12.0. The molecule has 0 saturated heterocycles. The van der Waals surface area contributed by atoms with E-state index in [0.29, 0.717) is 48.2 Å². The van der Waals surface area contributed by atoms with Gasteiger partial charge in [0.05, 0.1) is 22.3 Å². The van der Waals surface area contributed by atoms with E-state index in [-0.39, 0.29) is 17.7 Å². The Kier molecular flexibility index (Phi) is 10.5. The molecule has 30 heavy (non-hydrogen) atoms. The third-order valence-electron chi connectivity index (χ3n) is 4.74. The lowest BCUT2D eigenvalue weighted by molar-refractivity contribution is -0.122. The van der Waals surface area contributed by atoms with Gasteiger partial charge in [-0.15, -0.1) is 0 Å². The quantitative estimate of drug-likeness (QED) is 0.356. The first kappa shape index (κ1) is 24.5. The summed E-state index contributed by atoms with van der Waals surface area (Å²) in [4.78, 5) is 24.0. The highest BCUT2D eigenvalue weighted by Gasteiger charge is 2.25. The van der Waals surface area contributed by atoms with Crippen LogP contribution in [0.5, 0.6) is 0 Å². The van der Waals surface area contributed by atoms with Gasteiger partial charge < -0.3 is 15.9 Å². The number of nitrogens with one attached hydrogen (secondary N) is 3. The van der Waals surface area contributed by atoms with Crippen molar-refractivity contribution < 1.29 is 9.59 Å². The van der Waals surface area contributed by atoms with Crippen LogP contribution in [0.25, 0.3) is 0 Å². The maximum absolute atomic E-state index is 12.2. The van der Waals surface area contributed by atoms with E-state index in [1.807, 2.05) is 13.0 Å². The molecule has 1 aromatic carbocycles. The number of amides is 2. The lowest BCUT2D eigenvalue weighted by Crippen LogP contribution is -2.34. The number of benzene rings is 1. The highest BCUT2D eigenvalue weighted by molar-refractivity contribution is 6.42. The van der Waals surface area contributed by atoms with Gasteiger partial charge >= 0.3 is 0 Å². The van der Waals surface area contributed by atoms with Gasteiger partial charge in [-0.3, -0.25) is 14.6 Å². The van der Waals surface area contributed by atoms with Crippen molar-refractivity contribution in [3.63, 3.8) is 0 Å². The van der Waals surface area contributed by atoms with Crippen LogP contribution < -0.4 is 20.9 Å². The predicted octanol–water partition coefficient (Wildman–Crippen LogP) is 3.01. The SMILES string of the molecule is [B]NCCCCCC(=O)NCCCC(=O)NC1=NN(c2ccc(Cl)c(Cl)c2)CC1C. The monoisotopic (exact) mass is 451 g/mol. The van der Waals surface area contributed by atoms with Crippen LogP contribution in [-0.2, 0) is 9.59 Å². The van der Waals surface area contributed by atoms with Gasteiger partial charge in [-0.1, -0.05) is 36.5 Å². The summed E-state index contributed by atoms with van der Waals surface area (Å²) in [6, 6.07) is 5.32. The first-order chi connectivity index (χ1) is 14.4. The minimum atomic E-state index is -0.111. The number of unbranched alkanes of at least 4 members (excludes halogenated alkanes) is 2. The third-order valence-corrected chi connectivity index (χ3v) is 5.48. The zero-order chi connectivity index (χ0) is 21.9. The number of amidine groups is 1. The largest absolute Gasteiger partial charge is 0.366 e. The molecule has 2 amide bonds. The molecule has 1 aromatic rings. The number of nitrogens with zero attached hydrogens (tertiary/aromatic N) is 2. The lowest BCUT2D eigenvalue weighted by atomic mass is 10.1. The Morgan fingerprint density at radius 3 is 2.60 bits per heavy atom. The van der Waals surface area contributed by atoms with Crippen molar-refractivity contribution in [3.05, 3.63) is 28.2 Å². The Labute approximate surface area is 189 Å². The summed E-state index contributed by atoms with van der Waals surface area (Å²) in [5, 5.41) is 15.6. The third kappa shape index (κ3) is 8.16. The van der Waals surface area contributed by atoms with Gasteiger partial charge in [-0.2, -0.15) is 5.10 Å². The molecule has 0 aromatic heterocycles. The second-order valence-electron chi connectivity index (χ2n) is 7.33. The highest BCUT2D eigenvalue weighted by Crippen LogP contribution is 2.29. The zero-order valence-electron chi connectivity index (χ0n) is 17.2. The number of rotatable bonds is 11. The number of hydrogen-bond donors (Lipinski definition) is 3. The second-order valence-corrected chi connectivity index (χ2v) is 8.15. The van der Waals surface area contributed by atoms with Crippen LogP contribution in [0.1, 0.15) is 45.4 Å². The summed E-state index contributed by atoms with van der Waals surface area (Å²) in [7, 11) is 5.20. The van der Waals surface area contributed by atoms with Crippen LogP contribution in [0.15, 0.2) is 23.3 Å². The molecule has 2 radical (unpaired) electrons. The molecule has 1 heterocycles. The molecule has 7 nitrogen and oxygen atoms in total. The fourth-order valence-corrected chi connectivity index (χ4v) is 3.32. The van der Waals surface area contributed by atoms with Crippen LogP contribution in [0, 0.1) is 5.92 Å². The predicted molar refractivity (Wildman–Crippen MR) is 123 cm³/mol. The minimum Gasteiger partial charge on any atom is -0.366 e. The van der Waals surface area contributed by atoms with Crippen molar-refractivity contribution in [2.75, 3.05) is 24.6 Å². The van der Waals surface area contributed by atoms with E-state index in [2.05, 4.69) is 21.0 Å². The molecule has 10 heteroatoms. The van der Waals surface area contributed by atoms with E-state index >= 15 is 0 Å². The van der Waals surface area contributed by atoms with E-state index < -0.39 is 0 Å². The minimum absolute atomic E-state index is 0.0159. The van der Waals surface area contributed by atoms with E-state index in [9.17, 15) is 9.59 Å². The Morgan fingerprint density at radius 1 is 1.10 bits per heavy atom. The summed E-state index contributed by atoms with van der Waals surface area (Å²) < 4.78 is 0. The fourth-order valence-electron chi connectivity index (χ4n) is 3.03. The van der Waals surface area contributed by atoms with Crippen molar-refractivity contribution in [2.24, 2.45) is 11.0 Å². The van der Waals surface area contributed by atoms with Gasteiger partial charge in [0.15, 0.2) is 7.98 Å². The van der Waals surface area contributed by atoms with Crippen molar-refractivity contribution in [1.29, 1.82) is 0 Å². The van der Waals surface area contributed by atoms with Gasteiger partial charge in [-0.05, 0) is 44.0 Å². The van der Waals surface area contributed by atoms with Crippen LogP contribution >= 0.6 is 23.2 Å². The Morgan fingerprint density at radius 2 is 1.87 bits per heavy atom. The molecule has 1 atom stereocenters. The average Bonchev–Trinajstić information content (AvgIpc) is 3.07. The normalized spacial score (nSPS) is 15.8. The van der Waals surface area contributed by atoms with Gasteiger partial charge in [-0.25, -0.2) is 0 Å². The van der Waals surface area contributed by atoms with Crippen LogP contribution in [-0.4, -0.2) is 45.3 Å². The molecule has 0 aliphatic carbocycles. The molecule has 2 rings (SSSR count). The smallest absolute Gasteiger partial charge is 0.225 e. The Balaban J connectivity index is 1.68. The standard InChI is InChI=1S/C20H28BCl2N5O2/c1-14-13-28(15-8-9-16(22)17(23)12-15)27-20(14)26-19(30)7-5-10-24-18(29)6-3-2-4-11-25-21/h8-9,12,14,25H,2-7,10-11,13H2,1H3,(H,24,29)(H,26,27,30). The van der Waals surface area contributed by atoms with Crippen LogP contribution in [0.2, 0.25) is 10.0 Å². The first-order valence-electron chi connectivity index (χ1n) is 10.2. The Hall–Kier alpha value is -1.77. The first-order valence-corrected chi connectivity index (χ1v) is 11.0. The Bertz CT molecular complexity index is 763. The molecule has 1 aliphatic heterocycles. The molecule has 1 unspecified atom stereocenters. The second kappa shape index (κ2) is 12.8. The lowest BCUT2D eigenvalue weighted by Gasteiger charge is -2.14. The number of carbonyl (C=O) groups excluding carboxylic acids is 2. The van der Waals surface area contributed by atoms with Gasteiger partial charge in [0.1, 0.15) is 5.84 Å². The molecule has 0 bridgehead atoms. The summed E-state index contributed by atoms with van der Waals surface area (Å²) in [6.45, 7) is 3.88. The molecule has 1 aliphatic rings. The van der Waals surface area contributed by atoms with E-state index in [4.69, 9.17) is 31.2 Å². The number of carbonyl (C=O) groups is 2. The fraction of sp³-hybridized carbons (Fsp3) is 0.550. The van der Waals surface area contributed by atoms with Gasteiger partial charge in [0.25, 0.3) is 0 Å². The summed E-state index contributed by atoms with van der Waals surface area (Å²) in [5.41, 5.74) is 0.822. The van der Waals surface area contributed by atoms with Gasteiger partial charge in [0, 0.05) is 25.3 Å². The maximum Gasteiger partial charge on any atom is 0.225 e. The molecule has 0 fully saturated rings. The molecule has 0 saturated carbocycles. The number of hydrazone groups is 1. The van der Waals surface area contributed by atoms with E-state index in [1.165, 1.54) is 0 Å². The van der Waals surface area contributed by atoms with E-state index in [1.54, 1.807) is 17.1 Å². The van der Waals surface area contributed by atoms with Gasteiger partial charge in [0.2, 0.25) is 11.8 Å². The van der Waals surface area contributed by atoms with Crippen molar-refractivity contribution in [2.45, 2.75) is 45.4 Å². The van der Waals surface area contributed by atoms with E-state index in [0.717, 1.165) is 31.5 Å². The van der Waals surface area contributed by atoms with Crippen molar-refractivity contribution in [3.8, 4) is 0 Å². The molecular weight excluding hydrogens is 424 g/mol. The molecule has 3 N–H and O–H groups in total. The average molecular weight is 452 g/mol. The highest BCUT2D eigenvalue weighted by atomic mass is 35.5. The van der Waals surface area contributed by atoms with Crippen LogP contribution in [0.4, 0.5) is 5.69 Å². The topological polar surface area (TPSA) is 85.8 Å². The molecule has 162 valence electrons. The van der Waals surface area contributed by atoms with Crippen molar-refractivity contribution in [1.82, 2.24) is 15.9 Å². The molecular formula is C20H28BCl2N5O2. The van der Waals surface area contributed by atoms with Crippen molar-refractivity contribution >= 4 is 54.5 Å². The maximum atomic E-state index is 12.2. The number of anilines is 1. The van der Waals surface area contributed by atoms with Crippen LogP contribution in [0.3, 0.4) is 0 Å². The number of halogens is 2. The molecule has 0 spiro atoms. The number of hydrogen-bond acceptors (Lipinski definition) is 5. The summed E-state index contributed by atoms with van der Waals surface area (Å²) in [6.07, 6.45) is 4.14. The summed E-state index contributed by atoms with van der Waals surface area (Å²) in [5.74, 6) is 0.613.